The highest BCUT2D eigenvalue weighted by molar-refractivity contribution is 6.74. The van der Waals surface area contributed by atoms with Crippen LogP contribution in [-0.4, -0.2) is 25.6 Å². The molecule has 2 nitrogen and oxygen atoms in total. The Kier molecular flexibility index (Phi) is 3.41. The highest BCUT2D eigenvalue weighted by atomic mass is 28.4. The maximum Gasteiger partial charge on any atom is 0.192 e. The minimum absolute atomic E-state index is 0.126. The second-order valence-corrected chi connectivity index (χ2v) is 13.1. The lowest BCUT2D eigenvalue weighted by Gasteiger charge is -2.63. The van der Waals surface area contributed by atoms with Crippen molar-refractivity contribution in [3.05, 3.63) is 0 Å². The molecule has 1 saturated carbocycles. The summed E-state index contributed by atoms with van der Waals surface area (Å²) in [7, 11) is -1.76. The van der Waals surface area contributed by atoms with Gasteiger partial charge in [0.2, 0.25) is 0 Å². The van der Waals surface area contributed by atoms with E-state index < -0.39 is 8.32 Å². The molecular weight excluding hydrogens is 228 g/mol. The van der Waals surface area contributed by atoms with E-state index in [1.807, 2.05) is 0 Å². The maximum atomic E-state index is 10.2. The lowest BCUT2D eigenvalue weighted by atomic mass is 9.51. The molecule has 1 aliphatic rings. The van der Waals surface area contributed by atoms with E-state index in [1.54, 1.807) is 0 Å². The fourth-order valence-corrected chi connectivity index (χ4v) is 4.43. The second kappa shape index (κ2) is 3.81. The summed E-state index contributed by atoms with van der Waals surface area (Å²) in [4.78, 5) is 0. The van der Waals surface area contributed by atoms with Crippen molar-refractivity contribution in [1.82, 2.24) is 0 Å². The zero-order chi connectivity index (χ0) is 13.9. The van der Waals surface area contributed by atoms with Gasteiger partial charge in [-0.25, -0.2) is 0 Å². The SMILES string of the molecule is CC1(C)C(O)C(C)(C)C1O[Si](C)(C)C(C)(C)C. The van der Waals surface area contributed by atoms with Gasteiger partial charge >= 0.3 is 0 Å². The summed E-state index contributed by atoms with van der Waals surface area (Å²) in [6, 6.07) is 0. The molecule has 0 bridgehead atoms. The molecule has 0 aromatic heterocycles. The maximum absolute atomic E-state index is 10.2. The molecule has 0 saturated heterocycles. The molecule has 0 spiro atoms. The summed E-state index contributed by atoms with van der Waals surface area (Å²) in [5.41, 5.74) is -0.252. The normalized spacial score (nSPS) is 32.1. The zero-order valence-corrected chi connectivity index (χ0v) is 14.0. The Hall–Kier alpha value is 0.137. The summed E-state index contributed by atoms with van der Waals surface area (Å²) in [5, 5.41) is 10.4. The van der Waals surface area contributed by atoms with Crippen LogP contribution in [0.15, 0.2) is 0 Å². The summed E-state index contributed by atoms with van der Waals surface area (Å²) >= 11 is 0. The fraction of sp³-hybridized carbons (Fsp3) is 1.00. The van der Waals surface area contributed by atoms with Gasteiger partial charge in [0.1, 0.15) is 0 Å². The lowest BCUT2D eigenvalue weighted by Crippen LogP contribution is -2.70. The second-order valence-electron chi connectivity index (χ2n) is 8.30. The predicted molar refractivity (Wildman–Crippen MR) is 75.6 cm³/mol. The molecule has 3 heteroatoms. The van der Waals surface area contributed by atoms with Gasteiger partial charge in [-0.2, -0.15) is 0 Å². The van der Waals surface area contributed by atoms with Gasteiger partial charge in [0.25, 0.3) is 0 Å². The van der Waals surface area contributed by atoms with Gasteiger partial charge in [-0.3, -0.25) is 0 Å². The Labute approximate surface area is 108 Å². The number of hydrogen-bond acceptors (Lipinski definition) is 2. The number of hydrogen-bond donors (Lipinski definition) is 1. The largest absolute Gasteiger partial charge is 0.413 e. The molecule has 0 unspecified atom stereocenters. The van der Waals surface area contributed by atoms with Gasteiger partial charge < -0.3 is 9.53 Å². The molecule has 0 heterocycles. The van der Waals surface area contributed by atoms with E-state index >= 15 is 0 Å². The first-order valence-corrected chi connectivity index (χ1v) is 9.51. The van der Waals surface area contributed by atoms with Gasteiger partial charge in [-0.15, -0.1) is 0 Å². The Morgan fingerprint density at radius 2 is 1.35 bits per heavy atom. The van der Waals surface area contributed by atoms with E-state index in [-0.39, 0.29) is 28.1 Å². The Bertz CT molecular complexity index is 284. The van der Waals surface area contributed by atoms with Crippen LogP contribution in [0, 0.1) is 10.8 Å². The van der Waals surface area contributed by atoms with Crippen molar-refractivity contribution in [2.75, 3.05) is 0 Å². The van der Waals surface area contributed by atoms with Crippen molar-refractivity contribution >= 4 is 8.32 Å². The van der Waals surface area contributed by atoms with Crippen LogP contribution in [0.5, 0.6) is 0 Å². The molecular formula is C14H30O2Si. The third kappa shape index (κ3) is 2.22. The van der Waals surface area contributed by atoms with Crippen LogP contribution < -0.4 is 0 Å². The third-order valence-electron chi connectivity index (χ3n) is 4.98. The van der Waals surface area contributed by atoms with Crippen LogP contribution in [0.1, 0.15) is 48.5 Å². The molecule has 0 aliphatic heterocycles. The smallest absolute Gasteiger partial charge is 0.192 e. The van der Waals surface area contributed by atoms with Crippen LogP contribution in [0.25, 0.3) is 0 Å². The van der Waals surface area contributed by atoms with Crippen molar-refractivity contribution in [1.29, 1.82) is 0 Å². The van der Waals surface area contributed by atoms with E-state index in [9.17, 15) is 5.11 Å². The van der Waals surface area contributed by atoms with Crippen LogP contribution in [0.2, 0.25) is 18.1 Å². The van der Waals surface area contributed by atoms with Gasteiger partial charge in [0.15, 0.2) is 8.32 Å². The standard InChI is InChI=1S/C14H30O2Si/c1-12(2,3)17(8,9)16-11-13(4,5)10(15)14(11,6)7/h10-11,15H,1-9H3. The van der Waals surface area contributed by atoms with E-state index in [0.717, 1.165) is 0 Å². The number of rotatable bonds is 2. The van der Waals surface area contributed by atoms with Crippen molar-refractivity contribution in [3.8, 4) is 0 Å². The summed E-state index contributed by atoms with van der Waals surface area (Å²) in [5.74, 6) is 0. The number of aliphatic hydroxyl groups is 1. The van der Waals surface area contributed by atoms with E-state index in [4.69, 9.17) is 4.43 Å². The molecule has 0 radical (unpaired) electrons. The van der Waals surface area contributed by atoms with Gasteiger partial charge in [0, 0.05) is 10.8 Å². The summed E-state index contributed by atoms with van der Waals surface area (Å²) in [6.45, 7) is 19.8. The third-order valence-corrected chi connectivity index (χ3v) is 9.42. The minimum Gasteiger partial charge on any atom is -0.413 e. The van der Waals surface area contributed by atoms with Crippen molar-refractivity contribution < 1.29 is 9.53 Å². The molecule has 0 aromatic carbocycles. The average molecular weight is 258 g/mol. The molecule has 1 aliphatic carbocycles. The average Bonchev–Trinajstić information content (AvgIpc) is 2.10. The van der Waals surface area contributed by atoms with Gasteiger partial charge in [0.05, 0.1) is 12.2 Å². The number of aliphatic hydroxyl groups excluding tert-OH is 1. The highest BCUT2D eigenvalue weighted by Crippen LogP contribution is 2.57. The van der Waals surface area contributed by atoms with E-state index in [1.165, 1.54) is 0 Å². The van der Waals surface area contributed by atoms with Crippen LogP contribution >= 0.6 is 0 Å². The highest BCUT2D eigenvalue weighted by Gasteiger charge is 2.63. The van der Waals surface area contributed by atoms with Gasteiger partial charge in [-0.05, 0) is 18.1 Å². The molecule has 102 valence electrons. The molecule has 1 N–H and O–H groups in total. The minimum atomic E-state index is -1.76. The Morgan fingerprint density at radius 1 is 1.00 bits per heavy atom. The van der Waals surface area contributed by atoms with Crippen molar-refractivity contribution in [3.63, 3.8) is 0 Å². The Morgan fingerprint density at radius 3 is 1.65 bits per heavy atom. The molecule has 0 aromatic rings. The molecule has 1 fully saturated rings. The van der Waals surface area contributed by atoms with Gasteiger partial charge in [-0.1, -0.05) is 48.5 Å². The molecule has 1 rings (SSSR count). The predicted octanol–water partition coefficient (Wildman–Crippen LogP) is 3.80. The quantitative estimate of drug-likeness (QED) is 0.763. The zero-order valence-electron chi connectivity index (χ0n) is 13.0. The first-order chi connectivity index (χ1) is 7.24. The molecule has 0 amide bonds. The first kappa shape index (κ1) is 15.2. The van der Waals surface area contributed by atoms with Crippen LogP contribution in [0.3, 0.4) is 0 Å². The summed E-state index contributed by atoms with van der Waals surface area (Å²) < 4.78 is 6.52. The van der Waals surface area contributed by atoms with E-state index in [2.05, 4.69) is 61.6 Å². The van der Waals surface area contributed by atoms with E-state index in [0.29, 0.717) is 0 Å². The Balaban J connectivity index is 2.90. The monoisotopic (exact) mass is 258 g/mol. The topological polar surface area (TPSA) is 29.5 Å². The van der Waals surface area contributed by atoms with Crippen LogP contribution in [0.4, 0.5) is 0 Å². The van der Waals surface area contributed by atoms with Crippen molar-refractivity contribution in [2.45, 2.75) is 78.8 Å². The first-order valence-electron chi connectivity index (χ1n) is 6.60. The fourth-order valence-electron chi connectivity index (χ4n) is 2.88. The lowest BCUT2D eigenvalue weighted by molar-refractivity contribution is -0.240. The molecule has 17 heavy (non-hydrogen) atoms. The summed E-state index contributed by atoms with van der Waals surface area (Å²) in [6.07, 6.45) is -0.115. The van der Waals surface area contributed by atoms with Crippen LogP contribution in [-0.2, 0) is 4.43 Å². The van der Waals surface area contributed by atoms with Crippen molar-refractivity contribution in [2.24, 2.45) is 10.8 Å². The molecule has 0 atom stereocenters.